The van der Waals surface area contributed by atoms with E-state index >= 15 is 0 Å². The second-order valence-electron chi connectivity index (χ2n) is 4.44. The van der Waals surface area contributed by atoms with E-state index in [1.165, 1.54) is 12.4 Å². The molecule has 0 radical (unpaired) electrons. The van der Waals surface area contributed by atoms with Crippen LogP contribution in [0.5, 0.6) is 0 Å². The lowest BCUT2D eigenvalue weighted by Crippen LogP contribution is -2.13. The lowest BCUT2D eigenvalue weighted by Gasteiger charge is -2.01. The summed E-state index contributed by atoms with van der Waals surface area (Å²) >= 11 is 5.80. The minimum Gasteiger partial charge on any atom is -0.321 e. The van der Waals surface area contributed by atoms with Crippen molar-refractivity contribution in [1.82, 2.24) is 15.2 Å². The van der Waals surface area contributed by atoms with Crippen molar-refractivity contribution in [1.29, 1.82) is 0 Å². The molecule has 8 heteroatoms. The van der Waals surface area contributed by atoms with E-state index in [9.17, 15) is 9.59 Å². The molecule has 1 aromatic carbocycles. The fraction of sp³-hybridized carbons (Fsp3) is 0. The van der Waals surface area contributed by atoms with E-state index in [0.29, 0.717) is 5.56 Å². The van der Waals surface area contributed by atoms with Crippen molar-refractivity contribution in [3.8, 4) is 0 Å². The molecule has 0 aliphatic carbocycles. The van der Waals surface area contributed by atoms with Gasteiger partial charge in [-0.25, -0.2) is 5.10 Å². The smallest absolute Gasteiger partial charge is 0.285 e. The van der Waals surface area contributed by atoms with Gasteiger partial charge in [0.25, 0.3) is 11.1 Å². The Bertz CT molecular complexity index is 977. The van der Waals surface area contributed by atoms with E-state index in [0.717, 1.165) is 10.9 Å². The number of aromatic amines is 2. The van der Waals surface area contributed by atoms with Gasteiger partial charge in [0, 0.05) is 5.52 Å². The summed E-state index contributed by atoms with van der Waals surface area (Å²) in [5.74, 6) is 0. The third kappa shape index (κ3) is 2.75. The van der Waals surface area contributed by atoms with Crippen molar-refractivity contribution in [3.05, 3.63) is 67.8 Å². The van der Waals surface area contributed by atoms with Gasteiger partial charge in [0.1, 0.15) is 10.7 Å². The second kappa shape index (κ2) is 5.82. The number of benzene rings is 1. The van der Waals surface area contributed by atoms with Crippen LogP contribution in [0.3, 0.4) is 0 Å². The molecule has 110 valence electrons. The molecule has 3 rings (SSSR count). The number of pyridine rings is 1. The predicted molar refractivity (Wildman–Crippen MR) is 85.7 cm³/mol. The molecular weight excluding hydrogens is 306 g/mol. The van der Waals surface area contributed by atoms with E-state index in [1.807, 2.05) is 24.3 Å². The summed E-state index contributed by atoms with van der Waals surface area (Å²) in [4.78, 5) is 26.0. The number of H-pyrrole nitrogens is 2. The molecule has 7 nitrogen and oxygen atoms in total. The first-order valence-corrected chi connectivity index (χ1v) is 6.67. The minimum absolute atomic E-state index is 0.0560. The number of hydrogen-bond acceptors (Lipinski definition) is 5. The number of fused-ring (bicyclic) bond motifs is 1. The molecule has 2 heterocycles. The zero-order chi connectivity index (χ0) is 15.5. The van der Waals surface area contributed by atoms with Crippen LogP contribution in [0, 0.1) is 0 Å². The van der Waals surface area contributed by atoms with Crippen molar-refractivity contribution >= 4 is 34.4 Å². The molecule has 2 aromatic heterocycles. The van der Waals surface area contributed by atoms with Crippen molar-refractivity contribution < 1.29 is 0 Å². The molecule has 0 aliphatic rings. The standard InChI is InChI=1S/C14H10ClN5O2/c15-12-11(7-17-20-14(12)22)19-16-6-9-5-8-3-1-2-4-10(8)18-13(9)21/h1-7H,(H,18,21)(H2,19,20,22)/b16-6+. The highest BCUT2D eigenvalue weighted by molar-refractivity contribution is 6.32. The zero-order valence-corrected chi connectivity index (χ0v) is 11.9. The topological polar surface area (TPSA) is 103 Å². The lowest BCUT2D eigenvalue weighted by atomic mass is 10.2. The van der Waals surface area contributed by atoms with Crippen molar-refractivity contribution in [3.63, 3.8) is 0 Å². The number of rotatable bonds is 3. The molecule has 0 fully saturated rings. The molecule has 0 bridgehead atoms. The van der Waals surface area contributed by atoms with Gasteiger partial charge < -0.3 is 4.98 Å². The zero-order valence-electron chi connectivity index (χ0n) is 11.1. The Kier molecular flexibility index (Phi) is 3.71. The van der Waals surface area contributed by atoms with E-state index in [4.69, 9.17) is 11.6 Å². The van der Waals surface area contributed by atoms with Crippen LogP contribution in [0.15, 0.2) is 51.2 Å². The summed E-state index contributed by atoms with van der Waals surface area (Å²) in [6.45, 7) is 0. The third-order valence-electron chi connectivity index (χ3n) is 2.97. The highest BCUT2D eigenvalue weighted by Crippen LogP contribution is 2.14. The molecule has 3 aromatic rings. The monoisotopic (exact) mass is 315 g/mol. The molecule has 0 amide bonds. The van der Waals surface area contributed by atoms with Gasteiger partial charge in [-0.05, 0) is 17.5 Å². The van der Waals surface area contributed by atoms with Gasteiger partial charge in [0.05, 0.1) is 18.0 Å². The maximum absolute atomic E-state index is 11.9. The molecule has 0 aliphatic heterocycles. The fourth-order valence-electron chi connectivity index (χ4n) is 1.89. The van der Waals surface area contributed by atoms with Crippen LogP contribution in [-0.4, -0.2) is 21.4 Å². The average Bonchev–Trinajstić information content (AvgIpc) is 2.52. The highest BCUT2D eigenvalue weighted by atomic mass is 35.5. The van der Waals surface area contributed by atoms with Gasteiger partial charge >= 0.3 is 0 Å². The number of anilines is 1. The number of nitrogens with one attached hydrogen (secondary N) is 3. The Morgan fingerprint density at radius 1 is 1.23 bits per heavy atom. The van der Waals surface area contributed by atoms with Crippen LogP contribution >= 0.6 is 11.6 Å². The Balaban J connectivity index is 1.89. The lowest BCUT2D eigenvalue weighted by molar-refractivity contribution is 0.987. The number of hydrazone groups is 1. The van der Waals surface area contributed by atoms with Crippen molar-refractivity contribution in [2.75, 3.05) is 5.43 Å². The fourth-order valence-corrected chi connectivity index (χ4v) is 2.03. The number of para-hydroxylation sites is 1. The first kappa shape index (κ1) is 14.0. The molecule has 0 spiro atoms. The Morgan fingerprint density at radius 2 is 2.05 bits per heavy atom. The molecule has 0 atom stereocenters. The molecule has 0 saturated heterocycles. The molecule has 3 N–H and O–H groups in total. The number of aromatic nitrogens is 3. The summed E-state index contributed by atoms with van der Waals surface area (Å²) in [5, 5.41) is 10.5. The quantitative estimate of drug-likeness (QED) is 0.505. The Morgan fingerprint density at radius 3 is 2.91 bits per heavy atom. The third-order valence-corrected chi connectivity index (χ3v) is 3.34. The van der Waals surface area contributed by atoms with Crippen LogP contribution < -0.4 is 16.5 Å². The average molecular weight is 316 g/mol. The van der Waals surface area contributed by atoms with Gasteiger partial charge in [-0.15, -0.1) is 0 Å². The summed E-state index contributed by atoms with van der Waals surface area (Å²) in [5.41, 5.74) is 3.17. The predicted octanol–water partition coefficient (Wildman–Crippen LogP) is 1.71. The number of nitrogens with zero attached hydrogens (tertiary/aromatic N) is 2. The van der Waals surface area contributed by atoms with Gasteiger partial charge in [-0.1, -0.05) is 29.8 Å². The SMILES string of the molecule is O=c1[nH]c2ccccc2cc1/C=N/Nc1cn[nH]c(=O)c1Cl. The maximum Gasteiger partial charge on any atom is 0.285 e. The van der Waals surface area contributed by atoms with E-state index in [1.54, 1.807) is 6.07 Å². The summed E-state index contributed by atoms with van der Waals surface area (Å²) in [6, 6.07) is 9.14. The number of hydrogen-bond donors (Lipinski definition) is 3. The van der Waals surface area contributed by atoms with Gasteiger partial charge in [0.2, 0.25) is 0 Å². The summed E-state index contributed by atoms with van der Waals surface area (Å²) < 4.78 is 0. The second-order valence-corrected chi connectivity index (χ2v) is 4.82. The first-order valence-electron chi connectivity index (χ1n) is 6.29. The van der Waals surface area contributed by atoms with Crippen LogP contribution in [-0.2, 0) is 0 Å². The summed E-state index contributed by atoms with van der Waals surface area (Å²) in [6.07, 6.45) is 2.68. The van der Waals surface area contributed by atoms with Crippen LogP contribution in [0.2, 0.25) is 5.02 Å². The maximum atomic E-state index is 11.9. The molecule has 0 unspecified atom stereocenters. The Labute approximate surface area is 128 Å². The van der Waals surface area contributed by atoms with Gasteiger partial charge in [-0.2, -0.15) is 10.2 Å². The van der Waals surface area contributed by atoms with Gasteiger partial charge in [0.15, 0.2) is 0 Å². The molecule has 0 saturated carbocycles. The normalized spacial score (nSPS) is 11.1. The van der Waals surface area contributed by atoms with Gasteiger partial charge in [-0.3, -0.25) is 15.0 Å². The Hall–Kier alpha value is -2.93. The van der Waals surface area contributed by atoms with E-state index in [2.05, 4.69) is 25.7 Å². The van der Waals surface area contributed by atoms with Crippen molar-refractivity contribution in [2.24, 2.45) is 5.10 Å². The number of halogens is 1. The first-order chi connectivity index (χ1) is 10.6. The van der Waals surface area contributed by atoms with Crippen molar-refractivity contribution in [2.45, 2.75) is 0 Å². The van der Waals surface area contributed by atoms with E-state index in [-0.39, 0.29) is 16.3 Å². The molecular formula is C14H10ClN5O2. The largest absolute Gasteiger partial charge is 0.321 e. The highest BCUT2D eigenvalue weighted by Gasteiger charge is 2.03. The van der Waals surface area contributed by atoms with Crippen LogP contribution in [0.4, 0.5) is 5.69 Å². The minimum atomic E-state index is -0.523. The summed E-state index contributed by atoms with van der Waals surface area (Å²) in [7, 11) is 0. The van der Waals surface area contributed by atoms with Crippen LogP contribution in [0.25, 0.3) is 10.9 Å². The van der Waals surface area contributed by atoms with E-state index < -0.39 is 5.56 Å². The van der Waals surface area contributed by atoms with Crippen LogP contribution in [0.1, 0.15) is 5.56 Å². The molecule has 22 heavy (non-hydrogen) atoms.